The molecule has 0 fully saturated rings. The second kappa shape index (κ2) is 9.99. The molecule has 5 nitrogen and oxygen atoms in total. The van der Waals surface area contributed by atoms with Crippen LogP contribution in [-0.4, -0.2) is 26.9 Å². The third-order valence-electron chi connectivity index (χ3n) is 6.35. The van der Waals surface area contributed by atoms with Gasteiger partial charge in [0, 0.05) is 28.4 Å². The first-order valence-electron chi connectivity index (χ1n) is 12.3. The van der Waals surface area contributed by atoms with Crippen molar-refractivity contribution in [1.29, 1.82) is 0 Å². The van der Waals surface area contributed by atoms with Crippen LogP contribution in [0, 0.1) is 0 Å². The molecule has 2 heterocycles. The maximum absolute atomic E-state index is 14.1. The third-order valence-corrected chi connectivity index (χ3v) is 7.56. The summed E-state index contributed by atoms with van der Waals surface area (Å²) in [5.41, 5.74) is 5.40. The summed E-state index contributed by atoms with van der Waals surface area (Å²) in [5, 5.41) is 1.21. The molecule has 4 aromatic carbocycles. The Morgan fingerprint density at radius 3 is 2.46 bits per heavy atom. The van der Waals surface area contributed by atoms with Crippen molar-refractivity contribution in [1.82, 2.24) is 14.5 Å². The van der Waals surface area contributed by atoms with Gasteiger partial charge in [0.15, 0.2) is 10.9 Å². The maximum Gasteiger partial charge on any atom is 0.182 e. The number of H-pyrrole nitrogens is 1. The Bertz CT molecular complexity index is 1690. The highest BCUT2D eigenvalue weighted by Gasteiger charge is 2.28. The average Bonchev–Trinajstić information content (AvgIpc) is 3.54. The van der Waals surface area contributed by atoms with E-state index in [9.17, 15) is 4.79 Å². The number of ketones is 1. The predicted octanol–water partition coefficient (Wildman–Crippen LogP) is 7.62. The lowest BCUT2D eigenvalue weighted by atomic mass is 10.0. The average molecular weight is 504 g/mol. The molecule has 1 unspecified atom stereocenters. The number of aromatic nitrogens is 3. The second-order valence-corrected chi connectivity index (χ2v) is 9.74. The van der Waals surface area contributed by atoms with Crippen molar-refractivity contribution >= 4 is 39.5 Å². The first-order chi connectivity index (χ1) is 18.2. The number of hydrogen-bond donors (Lipinski definition) is 1. The number of thioether (sulfide) groups is 1. The monoisotopic (exact) mass is 503 g/mol. The summed E-state index contributed by atoms with van der Waals surface area (Å²) >= 11 is 1.48. The summed E-state index contributed by atoms with van der Waals surface area (Å²) in [4.78, 5) is 22.3. The zero-order valence-electron chi connectivity index (χ0n) is 20.3. The van der Waals surface area contributed by atoms with Gasteiger partial charge in [-0.25, -0.2) is 4.98 Å². The number of rotatable bonds is 8. The minimum atomic E-state index is -0.473. The quantitative estimate of drug-likeness (QED) is 0.171. The van der Waals surface area contributed by atoms with E-state index < -0.39 is 5.25 Å². The van der Waals surface area contributed by atoms with E-state index in [0.717, 1.165) is 44.1 Å². The standard InChI is InChI=1S/C31H25N3O2S/c1-2-36-23-18-16-22(17-19-23)34-28-15-9-8-14-27(28)33-31(34)37-30(21-10-4-3-5-11-21)29(35)25-20-32-26-13-7-6-12-24(25)26/h3-20,30,32H,2H2,1H3. The Morgan fingerprint density at radius 2 is 1.65 bits per heavy atom. The molecule has 0 aliphatic heterocycles. The lowest BCUT2D eigenvalue weighted by Gasteiger charge is -2.17. The number of imidazole rings is 1. The van der Waals surface area contributed by atoms with Gasteiger partial charge >= 0.3 is 0 Å². The highest BCUT2D eigenvalue weighted by Crippen LogP contribution is 2.41. The molecular weight excluding hydrogens is 478 g/mol. The maximum atomic E-state index is 14.1. The van der Waals surface area contributed by atoms with E-state index >= 15 is 0 Å². The van der Waals surface area contributed by atoms with Crippen molar-refractivity contribution in [3.05, 3.63) is 120 Å². The highest BCUT2D eigenvalue weighted by atomic mass is 32.2. The number of nitrogens with one attached hydrogen (secondary N) is 1. The molecule has 1 N–H and O–H groups in total. The Kier molecular flexibility index (Phi) is 6.25. The molecule has 0 aliphatic rings. The van der Waals surface area contributed by atoms with Crippen LogP contribution in [-0.2, 0) is 0 Å². The molecule has 182 valence electrons. The van der Waals surface area contributed by atoms with Crippen LogP contribution in [0.15, 0.2) is 114 Å². The topological polar surface area (TPSA) is 59.9 Å². The SMILES string of the molecule is CCOc1ccc(-n2c(SC(C(=O)c3c[nH]c4ccccc34)c3ccccc3)nc3ccccc32)cc1. The number of ether oxygens (including phenoxy) is 1. The smallest absolute Gasteiger partial charge is 0.182 e. The van der Waals surface area contributed by atoms with Crippen LogP contribution >= 0.6 is 11.8 Å². The fourth-order valence-corrected chi connectivity index (χ4v) is 5.81. The van der Waals surface area contributed by atoms with Gasteiger partial charge in [0.1, 0.15) is 11.0 Å². The van der Waals surface area contributed by atoms with Crippen molar-refractivity contribution in [3.63, 3.8) is 0 Å². The summed E-state index contributed by atoms with van der Waals surface area (Å²) < 4.78 is 7.77. The molecule has 0 spiro atoms. The van der Waals surface area contributed by atoms with Crippen LogP contribution in [0.4, 0.5) is 0 Å². The van der Waals surface area contributed by atoms with Crippen LogP contribution < -0.4 is 4.74 Å². The number of fused-ring (bicyclic) bond motifs is 2. The Hall–Kier alpha value is -4.29. The molecule has 1 atom stereocenters. The van der Waals surface area contributed by atoms with Gasteiger partial charge in [0.05, 0.1) is 17.6 Å². The molecule has 37 heavy (non-hydrogen) atoms. The van der Waals surface area contributed by atoms with Gasteiger partial charge < -0.3 is 9.72 Å². The first-order valence-corrected chi connectivity index (χ1v) is 13.1. The van der Waals surface area contributed by atoms with Gasteiger partial charge in [0.2, 0.25) is 0 Å². The number of carbonyl (C=O) groups is 1. The summed E-state index contributed by atoms with van der Waals surface area (Å²) in [6, 6.07) is 33.9. The van der Waals surface area contributed by atoms with Gasteiger partial charge in [-0.05, 0) is 55.0 Å². The Labute approximate surface area is 219 Å². The highest BCUT2D eigenvalue weighted by molar-refractivity contribution is 8.00. The van der Waals surface area contributed by atoms with E-state index in [1.165, 1.54) is 11.8 Å². The lowest BCUT2D eigenvalue weighted by molar-refractivity contribution is 0.0991. The Morgan fingerprint density at radius 1 is 0.919 bits per heavy atom. The molecule has 6 rings (SSSR count). The molecular formula is C31H25N3O2S. The molecule has 6 heteroatoms. The molecule has 0 saturated heterocycles. The van der Waals surface area contributed by atoms with Crippen molar-refractivity contribution < 1.29 is 9.53 Å². The van der Waals surface area contributed by atoms with Crippen LogP contribution in [0.3, 0.4) is 0 Å². The summed E-state index contributed by atoms with van der Waals surface area (Å²) in [6.45, 7) is 2.59. The summed E-state index contributed by atoms with van der Waals surface area (Å²) in [6.07, 6.45) is 1.82. The van der Waals surface area contributed by atoms with Gasteiger partial charge in [-0.15, -0.1) is 0 Å². The number of aromatic amines is 1. The number of nitrogens with zero attached hydrogens (tertiary/aromatic N) is 2. The zero-order chi connectivity index (χ0) is 25.2. The van der Waals surface area contributed by atoms with Crippen molar-refractivity contribution in [2.45, 2.75) is 17.3 Å². The first kappa shape index (κ1) is 23.1. The van der Waals surface area contributed by atoms with Crippen LogP contribution in [0.5, 0.6) is 5.75 Å². The number of benzene rings is 4. The number of hydrogen-bond acceptors (Lipinski definition) is 4. The van der Waals surface area contributed by atoms with Gasteiger partial charge in [-0.3, -0.25) is 9.36 Å². The number of carbonyl (C=O) groups excluding carboxylic acids is 1. The van der Waals surface area contributed by atoms with Gasteiger partial charge in [-0.1, -0.05) is 72.4 Å². The lowest BCUT2D eigenvalue weighted by Crippen LogP contribution is -2.11. The Balaban J connectivity index is 1.47. The minimum absolute atomic E-state index is 0.0407. The fourth-order valence-electron chi connectivity index (χ4n) is 4.61. The van der Waals surface area contributed by atoms with E-state index in [1.54, 1.807) is 0 Å². The van der Waals surface area contributed by atoms with E-state index in [1.807, 2.05) is 110 Å². The van der Waals surface area contributed by atoms with Gasteiger partial charge in [0.25, 0.3) is 0 Å². The number of para-hydroxylation sites is 3. The van der Waals surface area contributed by atoms with Gasteiger partial charge in [-0.2, -0.15) is 0 Å². The number of Topliss-reactive ketones (excluding diaryl/α,β-unsaturated/α-hetero) is 1. The van der Waals surface area contributed by atoms with Crippen molar-refractivity contribution in [2.75, 3.05) is 6.61 Å². The van der Waals surface area contributed by atoms with Crippen LogP contribution in [0.2, 0.25) is 0 Å². The second-order valence-electron chi connectivity index (χ2n) is 8.67. The third kappa shape index (κ3) is 4.41. The van der Waals surface area contributed by atoms with E-state index in [-0.39, 0.29) is 5.78 Å². The van der Waals surface area contributed by atoms with Crippen LogP contribution in [0.1, 0.15) is 28.1 Å². The van der Waals surface area contributed by atoms with E-state index in [4.69, 9.17) is 9.72 Å². The molecule has 0 aliphatic carbocycles. The molecule has 0 bridgehead atoms. The fraction of sp³-hybridized carbons (Fsp3) is 0.0968. The van der Waals surface area contributed by atoms with E-state index in [2.05, 4.69) is 15.6 Å². The van der Waals surface area contributed by atoms with Crippen molar-refractivity contribution in [3.8, 4) is 11.4 Å². The molecule has 6 aromatic rings. The predicted molar refractivity (Wildman–Crippen MR) is 150 cm³/mol. The zero-order valence-corrected chi connectivity index (χ0v) is 21.1. The van der Waals surface area contributed by atoms with E-state index in [0.29, 0.717) is 12.2 Å². The summed E-state index contributed by atoms with van der Waals surface area (Å²) in [7, 11) is 0. The van der Waals surface area contributed by atoms with Crippen molar-refractivity contribution in [2.24, 2.45) is 0 Å². The van der Waals surface area contributed by atoms with Crippen LogP contribution in [0.25, 0.3) is 27.6 Å². The molecule has 0 radical (unpaired) electrons. The molecule has 0 amide bonds. The summed E-state index contributed by atoms with van der Waals surface area (Å²) in [5.74, 6) is 0.862. The molecule has 2 aromatic heterocycles. The largest absolute Gasteiger partial charge is 0.494 e. The normalized spacial score (nSPS) is 12.1. The molecule has 0 saturated carbocycles. The minimum Gasteiger partial charge on any atom is -0.494 e.